The Kier molecular flexibility index (Phi) is 10.4. The Labute approximate surface area is 117 Å². The standard InChI is InChI=1S/C15H31NO3/c1-2-3-4-5-10-18-13-14(17)12-16-9-8-15-7-6-11-19-15/h14-17H,2-13H2,1H3. The highest BCUT2D eigenvalue weighted by Crippen LogP contribution is 2.14. The molecular formula is C15H31NO3. The van der Waals surface area contributed by atoms with Gasteiger partial charge in [0, 0.05) is 19.8 Å². The topological polar surface area (TPSA) is 50.7 Å². The normalized spacial score (nSPS) is 20.8. The third-order valence-electron chi connectivity index (χ3n) is 3.50. The first kappa shape index (κ1) is 16.9. The minimum Gasteiger partial charge on any atom is -0.389 e. The van der Waals surface area contributed by atoms with Gasteiger partial charge >= 0.3 is 0 Å². The van der Waals surface area contributed by atoms with E-state index in [-0.39, 0.29) is 0 Å². The van der Waals surface area contributed by atoms with E-state index in [1.807, 2.05) is 0 Å². The fourth-order valence-electron chi connectivity index (χ4n) is 2.31. The van der Waals surface area contributed by atoms with E-state index >= 15 is 0 Å². The number of unbranched alkanes of at least 4 members (excludes halogenated alkanes) is 3. The molecule has 0 aromatic rings. The number of aliphatic hydroxyl groups excluding tert-OH is 1. The molecule has 0 radical (unpaired) electrons. The van der Waals surface area contributed by atoms with Crippen LogP contribution in [0, 0.1) is 0 Å². The van der Waals surface area contributed by atoms with Crippen LogP contribution in [0.1, 0.15) is 51.9 Å². The van der Waals surface area contributed by atoms with Gasteiger partial charge in [0.05, 0.1) is 18.8 Å². The summed E-state index contributed by atoms with van der Waals surface area (Å²) in [5, 5.41) is 13.0. The molecule has 2 atom stereocenters. The Morgan fingerprint density at radius 1 is 1.37 bits per heavy atom. The van der Waals surface area contributed by atoms with Crippen LogP contribution in [-0.2, 0) is 9.47 Å². The van der Waals surface area contributed by atoms with E-state index in [2.05, 4.69) is 12.2 Å². The zero-order valence-corrected chi connectivity index (χ0v) is 12.4. The molecule has 4 heteroatoms. The van der Waals surface area contributed by atoms with Gasteiger partial charge in [-0.2, -0.15) is 0 Å². The van der Waals surface area contributed by atoms with Crippen molar-refractivity contribution in [2.45, 2.75) is 64.1 Å². The second-order valence-electron chi connectivity index (χ2n) is 5.42. The summed E-state index contributed by atoms with van der Waals surface area (Å²) in [5.74, 6) is 0. The molecule has 0 saturated carbocycles. The second kappa shape index (κ2) is 11.6. The number of nitrogens with one attached hydrogen (secondary N) is 1. The number of rotatable bonds is 12. The van der Waals surface area contributed by atoms with Gasteiger partial charge in [-0.15, -0.1) is 0 Å². The SMILES string of the molecule is CCCCCCOCC(O)CNCCC1CCCO1. The maximum atomic E-state index is 9.73. The molecule has 114 valence electrons. The molecule has 1 saturated heterocycles. The van der Waals surface area contributed by atoms with Gasteiger partial charge in [0.25, 0.3) is 0 Å². The summed E-state index contributed by atoms with van der Waals surface area (Å²) >= 11 is 0. The van der Waals surface area contributed by atoms with Crippen LogP contribution < -0.4 is 5.32 Å². The fourth-order valence-corrected chi connectivity index (χ4v) is 2.31. The van der Waals surface area contributed by atoms with Gasteiger partial charge in [0.1, 0.15) is 0 Å². The average Bonchev–Trinajstić information content (AvgIpc) is 2.92. The molecule has 0 aromatic carbocycles. The van der Waals surface area contributed by atoms with Crippen molar-refractivity contribution in [3.8, 4) is 0 Å². The van der Waals surface area contributed by atoms with Crippen LogP contribution in [0.25, 0.3) is 0 Å². The first-order chi connectivity index (χ1) is 9.33. The number of ether oxygens (including phenoxy) is 2. The van der Waals surface area contributed by atoms with E-state index in [0.29, 0.717) is 19.3 Å². The zero-order chi connectivity index (χ0) is 13.8. The van der Waals surface area contributed by atoms with Crippen molar-refractivity contribution in [2.24, 2.45) is 0 Å². The summed E-state index contributed by atoms with van der Waals surface area (Å²) in [6, 6.07) is 0. The minimum absolute atomic E-state index is 0.393. The van der Waals surface area contributed by atoms with E-state index < -0.39 is 6.10 Å². The van der Waals surface area contributed by atoms with E-state index in [1.54, 1.807) is 0 Å². The van der Waals surface area contributed by atoms with Crippen molar-refractivity contribution in [3.05, 3.63) is 0 Å². The predicted octanol–water partition coefficient (Wildman–Crippen LogP) is 2.10. The molecule has 1 rings (SSSR count). The number of hydrogen-bond donors (Lipinski definition) is 2. The van der Waals surface area contributed by atoms with E-state index in [9.17, 15) is 5.11 Å². The molecule has 2 unspecified atom stereocenters. The molecule has 0 bridgehead atoms. The molecule has 1 fully saturated rings. The smallest absolute Gasteiger partial charge is 0.0897 e. The number of aliphatic hydroxyl groups is 1. The summed E-state index contributed by atoms with van der Waals surface area (Å²) in [4.78, 5) is 0. The molecule has 4 nitrogen and oxygen atoms in total. The maximum Gasteiger partial charge on any atom is 0.0897 e. The monoisotopic (exact) mass is 273 g/mol. The van der Waals surface area contributed by atoms with Gasteiger partial charge in [0.15, 0.2) is 0 Å². The molecule has 2 N–H and O–H groups in total. The van der Waals surface area contributed by atoms with Crippen LogP contribution >= 0.6 is 0 Å². The zero-order valence-electron chi connectivity index (χ0n) is 12.4. The highest BCUT2D eigenvalue weighted by molar-refractivity contribution is 4.67. The van der Waals surface area contributed by atoms with E-state index in [4.69, 9.17) is 9.47 Å². The van der Waals surface area contributed by atoms with Gasteiger partial charge in [-0.1, -0.05) is 26.2 Å². The van der Waals surface area contributed by atoms with Gasteiger partial charge in [-0.3, -0.25) is 0 Å². The van der Waals surface area contributed by atoms with Gasteiger partial charge < -0.3 is 19.9 Å². The molecule has 1 heterocycles. The summed E-state index contributed by atoms with van der Waals surface area (Å²) < 4.78 is 11.0. The second-order valence-corrected chi connectivity index (χ2v) is 5.42. The molecule has 0 aromatic heterocycles. The van der Waals surface area contributed by atoms with Gasteiger partial charge in [-0.25, -0.2) is 0 Å². The third-order valence-corrected chi connectivity index (χ3v) is 3.50. The Balaban J connectivity index is 1.80. The van der Waals surface area contributed by atoms with Crippen LogP contribution in [0.3, 0.4) is 0 Å². The minimum atomic E-state index is -0.393. The van der Waals surface area contributed by atoms with Gasteiger partial charge in [0.2, 0.25) is 0 Å². The van der Waals surface area contributed by atoms with Crippen molar-refractivity contribution in [1.82, 2.24) is 5.32 Å². The Morgan fingerprint density at radius 3 is 3.00 bits per heavy atom. The fraction of sp³-hybridized carbons (Fsp3) is 1.00. The Hall–Kier alpha value is -0.160. The highest BCUT2D eigenvalue weighted by Gasteiger charge is 2.14. The highest BCUT2D eigenvalue weighted by atomic mass is 16.5. The van der Waals surface area contributed by atoms with Crippen LogP contribution in [0.4, 0.5) is 0 Å². The molecule has 1 aliphatic heterocycles. The predicted molar refractivity (Wildman–Crippen MR) is 77.4 cm³/mol. The van der Waals surface area contributed by atoms with E-state index in [1.165, 1.54) is 32.1 Å². The third kappa shape index (κ3) is 9.38. The van der Waals surface area contributed by atoms with Crippen molar-refractivity contribution in [3.63, 3.8) is 0 Å². The summed E-state index contributed by atoms with van der Waals surface area (Å²) in [6.45, 7) is 5.86. The molecule has 0 amide bonds. The van der Waals surface area contributed by atoms with Crippen LogP contribution in [0.2, 0.25) is 0 Å². The summed E-state index contributed by atoms with van der Waals surface area (Å²) in [5.41, 5.74) is 0. The number of hydrogen-bond acceptors (Lipinski definition) is 4. The largest absolute Gasteiger partial charge is 0.389 e. The molecule has 1 aliphatic rings. The van der Waals surface area contributed by atoms with Crippen LogP contribution in [0.5, 0.6) is 0 Å². The van der Waals surface area contributed by atoms with Gasteiger partial charge in [-0.05, 0) is 32.2 Å². The van der Waals surface area contributed by atoms with Crippen molar-refractivity contribution in [1.29, 1.82) is 0 Å². The molecule has 19 heavy (non-hydrogen) atoms. The van der Waals surface area contributed by atoms with Crippen LogP contribution in [0.15, 0.2) is 0 Å². The Morgan fingerprint density at radius 2 is 2.26 bits per heavy atom. The first-order valence-corrected chi connectivity index (χ1v) is 7.91. The summed E-state index contributed by atoms with van der Waals surface area (Å²) in [6.07, 6.45) is 8.32. The average molecular weight is 273 g/mol. The maximum absolute atomic E-state index is 9.73. The van der Waals surface area contributed by atoms with E-state index in [0.717, 1.165) is 32.6 Å². The summed E-state index contributed by atoms with van der Waals surface area (Å²) in [7, 11) is 0. The Bertz CT molecular complexity index is 196. The lowest BCUT2D eigenvalue weighted by atomic mass is 10.2. The quantitative estimate of drug-likeness (QED) is 0.535. The van der Waals surface area contributed by atoms with Crippen LogP contribution in [-0.4, -0.2) is 50.2 Å². The molecule has 0 spiro atoms. The molecule has 0 aliphatic carbocycles. The lowest BCUT2D eigenvalue weighted by Crippen LogP contribution is -2.32. The lowest BCUT2D eigenvalue weighted by Gasteiger charge is -2.14. The lowest BCUT2D eigenvalue weighted by molar-refractivity contribution is 0.0347. The first-order valence-electron chi connectivity index (χ1n) is 7.91. The molecular weight excluding hydrogens is 242 g/mol. The van der Waals surface area contributed by atoms with Crippen molar-refractivity contribution < 1.29 is 14.6 Å². The van der Waals surface area contributed by atoms with Crippen molar-refractivity contribution in [2.75, 3.05) is 32.9 Å². The van der Waals surface area contributed by atoms with Crippen molar-refractivity contribution >= 4 is 0 Å².